The second-order valence-electron chi connectivity index (χ2n) is 16.9. The highest BCUT2D eigenvalue weighted by Gasteiger charge is 2.17. The first-order chi connectivity index (χ1) is 27.2. The number of rotatable bonds is 45. The maximum absolute atomic E-state index is 12.4. The van der Waals surface area contributed by atoms with Crippen LogP contribution in [0.1, 0.15) is 264 Å². The Balaban J connectivity index is 3.57. The van der Waals surface area contributed by atoms with Crippen molar-refractivity contribution in [3.05, 3.63) is 36.5 Å². The molecule has 0 radical (unpaired) electrons. The molecule has 0 aromatic carbocycles. The molecule has 0 saturated carbocycles. The van der Waals surface area contributed by atoms with E-state index in [1.54, 1.807) is 6.08 Å². The predicted molar refractivity (Wildman–Crippen MR) is 244 cm³/mol. The molecule has 0 saturated heterocycles. The van der Waals surface area contributed by atoms with Crippen LogP contribution in [0.4, 0.5) is 0 Å². The Bertz CT molecular complexity index is 836. The molecule has 0 bridgehead atoms. The molecule has 3 N–H and O–H groups in total. The quantitative estimate of drug-likeness (QED) is 0.0426. The van der Waals surface area contributed by atoms with Gasteiger partial charge in [-0.3, -0.25) is 4.79 Å². The lowest BCUT2D eigenvalue weighted by Crippen LogP contribution is -2.45. The van der Waals surface area contributed by atoms with E-state index in [0.29, 0.717) is 6.42 Å². The average molecular weight is 772 g/mol. The van der Waals surface area contributed by atoms with Gasteiger partial charge < -0.3 is 15.5 Å². The zero-order valence-corrected chi connectivity index (χ0v) is 37.2. The first kappa shape index (κ1) is 53.6. The van der Waals surface area contributed by atoms with Crippen LogP contribution in [0.15, 0.2) is 36.5 Å². The summed E-state index contributed by atoms with van der Waals surface area (Å²) in [5.41, 5.74) is 0. The molecule has 0 aromatic heterocycles. The lowest BCUT2D eigenvalue weighted by Gasteiger charge is -2.19. The molecular weight excluding hydrogens is 675 g/mol. The predicted octanol–water partition coefficient (Wildman–Crippen LogP) is 15.7. The number of aliphatic hydroxyl groups is 2. The number of nitrogens with one attached hydrogen (secondary N) is 1. The molecule has 0 aliphatic heterocycles. The zero-order valence-electron chi connectivity index (χ0n) is 37.2. The van der Waals surface area contributed by atoms with E-state index in [1.165, 1.54) is 212 Å². The second kappa shape index (κ2) is 47.0. The fraction of sp³-hybridized carbons (Fsp3) is 0.863. The van der Waals surface area contributed by atoms with E-state index in [4.69, 9.17) is 0 Å². The van der Waals surface area contributed by atoms with E-state index < -0.39 is 12.1 Å². The number of hydrogen-bond acceptors (Lipinski definition) is 3. The van der Waals surface area contributed by atoms with Crippen molar-refractivity contribution >= 4 is 5.91 Å². The molecule has 0 fully saturated rings. The molecular formula is C51H97NO3. The van der Waals surface area contributed by atoms with Gasteiger partial charge in [-0.25, -0.2) is 0 Å². The number of allylic oxidation sites excluding steroid dienone is 5. The number of carbonyl (C=O) groups is 1. The summed E-state index contributed by atoms with van der Waals surface area (Å²) in [5, 5.41) is 23.1. The highest BCUT2D eigenvalue weighted by Crippen LogP contribution is 2.16. The van der Waals surface area contributed by atoms with Gasteiger partial charge >= 0.3 is 0 Å². The van der Waals surface area contributed by atoms with Crippen molar-refractivity contribution in [2.75, 3.05) is 6.61 Å². The van der Waals surface area contributed by atoms with Gasteiger partial charge in [0.1, 0.15) is 0 Å². The third-order valence-electron chi connectivity index (χ3n) is 11.3. The molecule has 1 amide bonds. The summed E-state index contributed by atoms with van der Waals surface area (Å²) < 4.78 is 0. The maximum atomic E-state index is 12.4. The van der Waals surface area contributed by atoms with Gasteiger partial charge in [-0.1, -0.05) is 237 Å². The molecule has 324 valence electrons. The van der Waals surface area contributed by atoms with E-state index >= 15 is 0 Å². The fourth-order valence-electron chi connectivity index (χ4n) is 7.54. The molecule has 55 heavy (non-hydrogen) atoms. The molecule has 0 aliphatic rings. The summed E-state index contributed by atoms with van der Waals surface area (Å²) in [6.07, 6.45) is 62.8. The summed E-state index contributed by atoms with van der Waals surface area (Å²) >= 11 is 0. The van der Waals surface area contributed by atoms with Crippen LogP contribution < -0.4 is 5.32 Å². The van der Waals surface area contributed by atoms with Crippen LogP contribution in [0.2, 0.25) is 0 Å². The normalized spacial score (nSPS) is 13.2. The Labute approximate surface area is 344 Å². The molecule has 2 atom stereocenters. The average Bonchev–Trinajstić information content (AvgIpc) is 3.19. The smallest absolute Gasteiger partial charge is 0.220 e. The second-order valence-corrected chi connectivity index (χ2v) is 16.9. The number of amides is 1. The third-order valence-corrected chi connectivity index (χ3v) is 11.3. The van der Waals surface area contributed by atoms with Crippen molar-refractivity contribution in [1.29, 1.82) is 0 Å². The minimum atomic E-state index is -0.863. The Morgan fingerprint density at radius 1 is 0.418 bits per heavy atom. The number of unbranched alkanes of at least 4 members (excludes halogenated alkanes) is 34. The molecule has 0 heterocycles. The molecule has 4 nitrogen and oxygen atoms in total. The minimum absolute atomic E-state index is 0.0758. The van der Waals surface area contributed by atoms with Crippen molar-refractivity contribution in [1.82, 2.24) is 5.32 Å². The van der Waals surface area contributed by atoms with E-state index in [9.17, 15) is 15.0 Å². The van der Waals surface area contributed by atoms with Crippen molar-refractivity contribution in [3.63, 3.8) is 0 Å². The molecule has 0 aliphatic carbocycles. The van der Waals surface area contributed by atoms with Gasteiger partial charge in [0.05, 0.1) is 18.8 Å². The topological polar surface area (TPSA) is 69.6 Å². The van der Waals surface area contributed by atoms with Crippen LogP contribution in [0.25, 0.3) is 0 Å². The van der Waals surface area contributed by atoms with Crippen molar-refractivity contribution in [3.8, 4) is 0 Å². The van der Waals surface area contributed by atoms with Crippen LogP contribution in [0, 0.1) is 0 Å². The Morgan fingerprint density at radius 2 is 0.709 bits per heavy atom. The zero-order chi connectivity index (χ0) is 40.0. The summed E-state index contributed by atoms with van der Waals surface area (Å²) in [6.45, 7) is 4.32. The van der Waals surface area contributed by atoms with Gasteiger partial charge in [0.25, 0.3) is 0 Å². The SMILES string of the molecule is CCCCCCCCCCCC/C=C\CCCCCCCCCC(=O)NC(CO)C(O)/C=C/CC/C=C/CCCCCCCCCCCCCCCCCC. The van der Waals surface area contributed by atoms with Gasteiger partial charge in [0, 0.05) is 6.42 Å². The van der Waals surface area contributed by atoms with Gasteiger partial charge in [-0.2, -0.15) is 0 Å². The summed E-state index contributed by atoms with van der Waals surface area (Å²) in [6, 6.07) is -0.641. The van der Waals surface area contributed by atoms with Gasteiger partial charge in [0.15, 0.2) is 0 Å². The van der Waals surface area contributed by atoms with Crippen LogP contribution in [-0.2, 0) is 4.79 Å². The minimum Gasteiger partial charge on any atom is -0.394 e. The summed E-state index contributed by atoms with van der Waals surface area (Å²) in [5.74, 6) is -0.0758. The lowest BCUT2D eigenvalue weighted by molar-refractivity contribution is -0.123. The van der Waals surface area contributed by atoms with E-state index in [1.807, 2.05) is 6.08 Å². The van der Waals surface area contributed by atoms with Crippen molar-refractivity contribution in [2.24, 2.45) is 0 Å². The molecule has 0 aromatic rings. The maximum Gasteiger partial charge on any atom is 0.220 e. The lowest BCUT2D eigenvalue weighted by atomic mass is 10.0. The highest BCUT2D eigenvalue weighted by molar-refractivity contribution is 5.76. The van der Waals surface area contributed by atoms with Gasteiger partial charge in [-0.05, 0) is 57.8 Å². The number of hydrogen-bond donors (Lipinski definition) is 3. The monoisotopic (exact) mass is 772 g/mol. The van der Waals surface area contributed by atoms with E-state index in [0.717, 1.165) is 32.1 Å². The van der Waals surface area contributed by atoms with Crippen molar-refractivity contribution in [2.45, 2.75) is 276 Å². The number of aliphatic hydroxyl groups excluding tert-OH is 2. The van der Waals surface area contributed by atoms with Gasteiger partial charge in [-0.15, -0.1) is 0 Å². The Kier molecular flexibility index (Phi) is 45.8. The van der Waals surface area contributed by atoms with Crippen molar-refractivity contribution < 1.29 is 15.0 Å². The van der Waals surface area contributed by atoms with Crippen LogP contribution in [0.3, 0.4) is 0 Å². The largest absolute Gasteiger partial charge is 0.394 e. The van der Waals surface area contributed by atoms with Crippen LogP contribution >= 0.6 is 0 Å². The molecule has 0 rings (SSSR count). The third kappa shape index (κ3) is 43.6. The first-order valence-corrected chi connectivity index (χ1v) is 24.7. The first-order valence-electron chi connectivity index (χ1n) is 24.7. The Morgan fingerprint density at radius 3 is 1.05 bits per heavy atom. The molecule has 4 heteroatoms. The van der Waals surface area contributed by atoms with Gasteiger partial charge in [0.2, 0.25) is 5.91 Å². The Hall–Kier alpha value is -1.39. The standard InChI is InChI=1S/C51H97NO3/c1-3-5-7-9-11-13-15-17-19-21-23-25-27-28-30-32-34-36-38-40-42-44-46-50(54)49(48-53)52-51(55)47-45-43-41-39-37-35-33-31-29-26-24-22-20-18-16-14-12-10-8-6-4-2/h26,29,36,38,44,46,49-50,53-54H,3-25,27-28,30-35,37,39-43,45,47-48H2,1-2H3,(H,52,55)/b29-26-,38-36+,46-44+. The highest BCUT2D eigenvalue weighted by atomic mass is 16.3. The van der Waals surface area contributed by atoms with E-state index in [-0.39, 0.29) is 12.5 Å². The van der Waals surface area contributed by atoms with Crippen LogP contribution in [0.5, 0.6) is 0 Å². The molecule has 2 unspecified atom stereocenters. The summed E-state index contributed by atoms with van der Waals surface area (Å²) in [7, 11) is 0. The fourth-order valence-corrected chi connectivity index (χ4v) is 7.54. The molecule has 0 spiro atoms. The van der Waals surface area contributed by atoms with Crippen LogP contribution in [-0.4, -0.2) is 34.9 Å². The number of carbonyl (C=O) groups excluding carboxylic acids is 1. The van der Waals surface area contributed by atoms with E-state index in [2.05, 4.69) is 43.5 Å². The summed E-state index contributed by atoms with van der Waals surface area (Å²) in [4.78, 5) is 12.4.